The van der Waals surface area contributed by atoms with Gasteiger partial charge >= 0.3 is 0 Å². The molecule has 1 aromatic rings. The Morgan fingerprint density at radius 1 is 1.53 bits per heavy atom. The molecule has 0 spiro atoms. The number of hydrogen-bond acceptors (Lipinski definition) is 4. The number of hydrogen-bond donors (Lipinski definition) is 2. The van der Waals surface area contributed by atoms with Gasteiger partial charge in [0.15, 0.2) is 0 Å². The Hall–Kier alpha value is -0.450. The van der Waals surface area contributed by atoms with Gasteiger partial charge in [-0.25, -0.2) is 4.98 Å². The van der Waals surface area contributed by atoms with Crippen molar-refractivity contribution in [1.29, 1.82) is 0 Å². The van der Waals surface area contributed by atoms with Crippen LogP contribution in [-0.2, 0) is 6.42 Å². The maximum Gasteiger partial charge on any atom is 0.0944 e. The fraction of sp³-hybridized carbons (Fsp3) is 0.727. The number of thiazole rings is 1. The van der Waals surface area contributed by atoms with Gasteiger partial charge in [0.25, 0.3) is 0 Å². The molecule has 3 nitrogen and oxygen atoms in total. The first-order valence-electron chi connectivity index (χ1n) is 5.63. The molecule has 1 unspecified atom stereocenters. The molecule has 15 heavy (non-hydrogen) atoms. The predicted octanol–water partition coefficient (Wildman–Crippen LogP) is 2.41. The summed E-state index contributed by atoms with van der Waals surface area (Å²) in [6.45, 7) is 4.25. The maximum atomic E-state index is 5.54. The van der Waals surface area contributed by atoms with E-state index in [1.165, 1.54) is 24.3 Å². The third kappa shape index (κ3) is 4.73. The van der Waals surface area contributed by atoms with Crippen LogP contribution >= 0.6 is 11.3 Å². The highest BCUT2D eigenvalue weighted by Crippen LogP contribution is 2.13. The number of aryl methyl sites for hydroxylation is 1. The van der Waals surface area contributed by atoms with Crippen molar-refractivity contribution >= 4 is 11.3 Å². The molecule has 0 aliphatic heterocycles. The molecule has 0 radical (unpaired) electrons. The molecule has 0 saturated carbocycles. The van der Waals surface area contributed by atoms with Crippen molar-refractivity contribution in [1.82, 2.24) is 10.4 Å². The number of aromatic nitrogens is 1. The van der Waals surface area contributed by atoms with Gasteiger partial charge in [-0.3, -0.25) is 11.3 Å². The van der Waals surface area contributed by atoms with Crippen LogP contribution in [0.5, 0.6) is 0 Å². The van der Waals surface area contributed by atoms with Gasteiger partial charge in [-0.2, -0.15) is 0 Å². The molecule has 0 amide bonds. The van der Waals surface area contributed by atoms with E-state index in [0.717, 1.165) is 18.5 Å². The molecule has 0 bridgehead atoms. The Balaban J connectivity index is 2.33. The summed E-state index contributed by atoms with van der Waals surface area (Å²) in [5, 5.41) is 3.28. The van der Waals surface area contributed by atoms with Crippen LogP contribution in [0.25, 0.3) is 0 Å². The number of rotatable bonds is 7. The lowest BCUT2D eigenvalue weighted by Crippen LogP contribution is -2.36. The second kappa shape index (κ2) is 6.93. The van der Waals surface area contributed by atoms with Crippen LogP contribution in [0.1, 0.15) is 43.3 Å². The van der Waals surface area contributed by atoms with Gasteiger partial charge in [0.2, 0.25) is 0 Å². The number of hydrazine groups is 1. The molecule has 1 aromatic heterocycles. The lowest BCUT2D eigenvalue weighted by molar-refractivity contribution is 0.466. The van der Waals surface area contributed by atoms with Crippen LogP contribution in [0.3, 0.4) is 0 Å². The minimum Gasteiger partial charge on any atom is -0.271 e. The molecule has 4 heteroatoms. The first-order chi connectivity index (χ1) is 7.26. The van der Waals surface area contributed by atoms with E-state index in [4.69, 9.17) is 5.84 Å². The molecule has 1 atom stereocenters. The third-order valence-electron chi connectivity index (χ3n) is 2.48. The molecule has 1 heterocycles. The molecular formula is C11H21N3S. The van der Waals surface area contributed by atoms with Crippen LogP contribution < -0.4 is 11.3 Å². The fourth-order valence-electron chi connectivity index (χ4n) is 1.59. The minimum atomic E-state index is 0.377. The first kappa shape index (κ1) is 12.6. The van der Waals surface area contributed by atoms with Crippen LogP contribution in [0, 0.1) is 6.92 Å². The van der Waals surface area contributed by atoms with Gasteiger partial charge in [-0.1, -0.05) is 26.2 Å². The van der Waals surface area contributed by atoms with Crippen molar-refractivity contribution in [2.45, 2.75) is 52.0 Å². The van der Waals surface area contributed by atoms with Crippen molar-refractivity contribution in [2.75, 3.05) is 0 Å². The Kier molecular flexibility index (Phi) is 5.83. The van der Waals surface area contributed by atoms with E-state index in [0.29, 0.717) is 6.04 Å². The van der Waals surface area contributed by atoms with E-state index < -0.39 is 0 Å². The molecular weight excluding hydrogens is 206 g/mol. The van der Waals surface area contributed by atoms with Gasteiger partial charge < -0.3 is 0 Å². The highest BCUT2D eigenvalue weighted by Gasteiger charge is 2.09. The molecule has 0 aromatic carbocycles. The highest BCUT2D eigenvalue weighted by atomic mass is 32.1. The molecule has 0 aliphatic carbocycles. The number of nitrogens with two attached hydrogens (primary N) is 1. The zero-order valence-electron chi connectivity index (χ0n) is 9.62. The first-order valence-corrected chi connectivity index (χ1v) is 6.51. The Bertz CT molecular complexity index is 273. The molecule has 86 valence electrons. The van der Waals surface area contributed by atoms with Gasteiger partial charge in [0.1, 0.15) is 0 Å². The summed E-state index contributed by atoms with van der Waals surface area (Å²) in [7, 11) is 0. The second-order valence-electron chi connectivity index (χ2n) is 3.95. The normalized spacial score (nSPS) is 13.0. The van der Waals surface area contributed by atoms with Gasteiger partial charge in [-0.05, 0) is 13.3 Å². The molecule has 0 fully saturated rings. The van der Waals surface area contributed by atoms with Crippen LogP contribution in [-0.4, -0.2) is 11.0 Å². The quantitative estimate of drug-likeness (QED) is 0.427. The van der Waals surface area contributed by atoms with E-state index in [1.807, 2.05) is 6.92 Å². The summed E-state index contributed by atoms with van der Waals surface area (Å²) in [5.41, 5.74) is 4.00. The lowest BCUT2D eigenvalue weighted by Gasteiger charge is -2.13. The monoisotopic (exact) mass is 227 g/mol. The van der Waals surface area contributed by atoms with E-state index in [9.17, 15) is 0 Å². The molecule has 3 N–H and O–H groups in total. The van der Waals surface area contributed by atoms with E-state index >= 15 is 0 Å². The van der Waals surface area contributed by atoms with Crippen molar-refractivity contribution in [2.24, 2.45) is 5.84 Å². The second-order valence-corrected chi connectivity index (χ2v) is 4.89. The maximum absolute atomic E-state index is 5.54. The molecule has 1 rings (SSSR count). The minimum absolute atomic E-state index is 0.377. The highest BCUT2D eigenvalue weighted by molar-refractivity contribution is 7.09. The summed E-state index contributed by atoms with van der Waals surface area (Å²) in [6.07, 6.45) is 5.89. The Labute approximate surface area is 96.1 Å². The van der Waals surface area contributed by atoms with Crippen LogP contribution in [0.15, 0.2) is 5.38 Å². The average Bonchev–Trinajstić information content (AvgIpc) is 2.63. The standard InChI is InChI=1S/C11H21N3S/c1-3-4-5-6-10(14-12)7-11-13-9(2)8-15-11/h8,10,14H,3-7,12H2,1-2H3. The Morgan fingerprint density at radius 3 is 2.87 bits per heavy atom. The van der Waals surface area contributed by atoms with Crippen molar-refractivity contribution in [3.63, 3.8) is 0 Å². The molecule has 0 aliphatic rings. The number of unbranched alkanes of at least 4 members (excludes halogenated alkanes) is 2. The third-order valence-corrected chi connectivity index (χ3v) is 3.47. The van der Waals surface area contributed by atoms with E-state index in [1.54, 1.807) is 11.3 Å². The zero-order valence-corrected chi connectivity index (χ0v) is 10.4. The number of nitrogens with zero attached hydrogens (tertiary/aromatic N) is 1. The lowest BCUT2D eigenvalue weighted by atomic mass is 10.1. The summed E-state index contributed by atoms with van der Waals surface area (Å²) in [5.74, 6) is 5.54. The zero-order chi connectivity index (χ0) is 11.1. The molecule has 0 saturated heterocycles. The summed E-state index contributed by atoms with van der Waals surface area (Å²) < 4.78 is 0. The average molecular weight is 227 g/mol. The largest absolute Gasteiger partial charge is 0.271 e. The van der Waals surface area contributed by atoms with Gasteiger partial charge in [-0.15, -0.1) is 11.3 Å². The van der Waals surface area contributed by atoms with Crippen molar-refractivity contribution < 1.29 is 0 Å². The number of nitrogens with one attached hydrogen (secondary N) is 1. The van der Waals surface area contributed by atoms with Crippen molar-refractivity contribution in [3.05, 3.63) is 16.1 Å². The predicted molar refractivity (Wildman–Crippen MR) is 65.8 cm³/mol. The fourth-order valence-corrected chi connectivity index (χ4v) is 2.45. The van der Waals surface area contributed by atoms with E-state index in [-0.39, 0.29) is 0 Å². The van der Waals surface area contributed by atoms with Crippen LogP contribution in [0.2, 0.25) is 0 Å². The SMILES string of the molecule is CCCCCC(Cc1nc(C)cs1)NN. The smallest absolute Gasteiger partial charge is 0.0944 e. The summed E-state index contributed by atoms with van der Waals surface area (Å²) in [6, 6.07) is 0.377. The van der Waals surface area contributed by atoms with E-state index in [2.05, 4.69) is 22.7 Å². The van der Waals surface area contributed by atoms with Crippen molar-refractivity contribution in [3.8, 4) is 0 Å². The summed E-state index contributed by atoms with van der Waals surface area (Å²) in [4.78, 5) is 4.45. The van der Waals surface area contributed by atoms with Gasteiger partial charge in [0, 0.05) is 23.5 Å². The summed E-state index contributed by atoms with van der Waals surface area (Å²) >= 11 is 1.73. The van der Waals surface area contributed by atoms with Gasteiger partial charge in [0.05, 0.1) is 5.01 Å². The topological polar surface area (TPSA) is 50.9 Å². The van der Waals surface area contributed by atoms with Crippen LogP contribution in [0.4, 0.5) is 0 Å². The Morgan fingerprint density at radius 2 is 2.33 bits per heavy atom.